The first-order valence-corrected chi connectivity index (χ1v) is 7.00. The van der Waals surface area contributed by atoms with Gasteiger partial charge in [0.15, 0.2) is 6.04 Å². The predicted octanol–water partition coefficient (Wildman–Crippen LogP) is 3.38. The van der Waals surface area contributed by atoms with Crippen LogP contribution >= 0.6 is 27.5 Å². The van der Waals surface area contributed by atoms with Crippen molar-refractivity contribution in [1.29, 1.82) is 0 Å². The quantitative estimate of drug-likeness (QED) is 0.879. The van der Waals surface area contributed by atoms with E-state index in [9.17, 15) is 9.90 Å². The first-order chi connectivity index (χ1) is 9.40. The summed E-state index contributed by atoms with van der Waals surface area (Å²) in [4.78, 5) is 11.5. The third-order valence-electron chi connectivity index (χ3n) is 3.06. The molecule has 7 heteroatoms. The van der Waals surface area contributed by atoms with E-state index < -0.39 is 12.0 Å². The van der Waals surface area contributed by atoms with Crippen LogP contribution in [-0.4, -0.2) is 20.9 Å². The molecule has 0 spiro atoms. The first-order valence-electron chi connectivity index (χ1n) is 5.83. The van der Waals surface area contributed by atoms with Crippen molar-refractivity contribution in [2.24, 2.45) is 7.05 Å². The van der Waals surface area contributed by atoms with Crippen LogP contribution in [0.15, 0.2) is 28.9 Å². The molecule has 0 radical (unpaired) electrons. The molecule has 0 fully saturated rings. The number of nitrogens with zero attached hydrogens (tertiary/aromatic N) is 2. The summed E-state index contributed by atoms with van der Waals surface area (Å²) in [6, 6.07) is 4.30. The Morgan fingerprint density at radius 1 is 1.55 bits per heavy atom. The number of aromatic nitrogens is 2. The SMILES string of the molecule is Cc1c(C(Nc2ccc(Cl)c(Br)c2)C(=O)O)cnn1C. The summed E-state index contributed by atoms with van der Waals surface area (Å²) in [7, 11) is 1.77. The molecule has 0 aliphatic carbocycles. The minimum absolute atomic E-state index is 0.569. The molecule has 106 valence electrons. The molecule has 2 rings (SSSR count). The van der Waals surface area contributed by atoms with E-state index in [1.165, 1.54) is 0 Å². The number of hydrogen-bond donors (Lipinski definition) is 2. The van der Waals surface area contributed by atoms with Gasteiger partial charge in [-0.1, -0.05) is 11.6 Å². The van der Waals surface area contributed by atoms with E-state index in [1.54, 1.807) is 36.1 Å². The van der Waals surface area contributed by atoms with E-state index in [0.717, 1.165) is 5.69 Å². The Morgan fingerprint density at radius 2 is 2.25 bits per heavy atom. The minimum atomic E-state index is -0.966. The Kier molecular flexibility index (Phi) is 4.35. The Bertz CT molecular complexity index is 657. The number of aliphatic carboxylic acids is 1. The highest BCUT2D eigenvalue weighted by Crippen LogP contribution is 2.28. The zero-order chi connectivity index (χ0) is 14.9. The second-order valence-corrected chi connectivity index (χ2v) is 5.61. The summed E-state index contributed by atoms with van der Waals surface area (Å²) >= 11 is 9.23. The molecule has 1 atom stereocenters. The molecule has 0 aliphatic heterocycles. The third kappa shape index (κ3) is 2.96. The topological polar surface area (TPSA) is 67.2 Å². The maximum absolute atomic E-state index is 11.5. The molecule has 20 heavy (non-hydrogen) atoms. The van der Waals surface area contributed by atoms with Crippen LogP contribution in [0.4, 0.5) is 5.69 Å². The monoisotopic (exact) mass is 357 g/mol. The fourth-order valence-corrected chi connectivity index (χ4v) is 2.32. The lowest BCUT2D eigenvalue weighted by molar-refractivity contribution is -0.138. The highest BCUT2D eigenvalue weighted by Gasteiger charge is 2.23. The fourth-order valence-electron chi connectivity index (χ4n) is 1.82. The number of carbonyl (C=O) groups is 1. The van der Waals surface area contributed by atoms with E-state index >= 15 is 0 Å². The van der Waals surface area contributed by atoms with Crippen LogP contribution in [0.5, 0.6) is 0 Å². The van der Waals surface area contributed by atoms with Gasteiger partial charge in [-0.05, 0) is 41.1 Å². The van der Waals surface area contributed by atoms with Crippen LogP contribution in [0.3, 0.4) is 0 Å². The van der Waals surface area contributed by atoms with Crippen molar-refractivity contribution in [2.75, 3.05) is 5.32 Å². The van der Waals surface area contributed by atoms with Crippen LogP contribution in [0.2, 0.25) is 5.02 Å². The lowest BCUT2D eigenvalue weighted by Crippen LogP contribution is -2.21. The minimum Gasteiger partial charge on any atom is -0.479 e. The number of aryl methyl sites for hydroxylation is 1. The van der Waals surface area contributed by atoms with Gasteiger partial charge >= 0.3 is 5.97 Å². The number of hydrogen-bond acceptors (Lipinski definition) is 3. The Labute approximate surface area is 129 Å². The molecular weight excluding hydrogens is 346 g/mol. The molecule has 2 aromatic rings. The number of nitrogens with one attached hydrogen (secondary N) is 1. The maximum atomic E-state index is 11.5. The molecule has 0 saturated heterocycles. The highest BCUT2D eigenvalue weighted by atomic mass is 79.9. The summed E-state index contributed by atoms with van der Waals surface area (Å²) < 4.78 is 2.35. The largest absolute Gasteiger partial charge is 0.479 e. The second kappa shape index (κ2) is 5.85. The van der Waals surface area contributed by atoms with E-state index in [4.69, 9.17) is 11.6 Å². The van der Waals surface area contributed by atoms with E-state index in [2.05, 4.69) is 26.3 Å². The van der Waals surface area contributed by atoms with Crippen LogP contribution < -0.4 is 5.32 Å². The summed E-state index contributed by atoms with van der Waals surface area (Å²) in [5.74, 6) is -0.966. The van der Waals surface area contributed by atoms with Crippen molar-refractivity contribution in [3.63, 3.8) is 0 Å². The van der Waals surface area contributed by atoms with Gasteiger partial charge in [0.2, 0.25) is 0 Å². The van der Waals surface area contributed by atoms with Crippen molar-refractivity contribution in [1.82, 2.24) is 9.78 Å². The Morgan fingerprint density at radius 3 is 2.75 bits per heavy atom. The third-order valence-corrected chi connectivity index (χ3v) is 4.28. The number of carboxylic acids is 1. The molecule has 0 saturated carbocycles. The Balaban J connectivity index is 2.33. The molecular formula is C13H13BrClN3O2. The van der Waals surface area contributed by atoms with Crippen LogP contribution in [0.25, 0.3) is 0 Å². The number of carboxylic acid groups (broad SMARTS) is 1. The van der Waals surface area contributed by atoms with Gasteiger partial charge in [0.25, 0.3) is 0 Å². The highest BCUT2D eigenvalue weighted by molar-refractivity contribution is 9.10. The Hall–Kier alpha value is -1.53. The van der Waals surface area contributed by atoms with E-state index in [1.807, 2.05) is 6.92 Å². The number of benzene rings is 1. The van der Waals surface area contributed by atoms with Gasteiger partial charge in [-0.25, -0.2) is 4.79 Å². The molecule has 0 amide bonds. The number of halogens is 2. The summed E-state index contributed by atoms with van der Waals surface area (Å²) in [6.45, 7) is 1.83. The average molecular weight is 359 g/mol. The average Bonchev–Trinajstić information content (AvgIpc) is 2.71. The van der Waals surface area contributed by atoms with E-state index in [-0.39, 0.29) is 0 Å². The van der Waals surface area contributed by atoms with Gasteiger partial charge in [0.05, 0.1) is 11.2 Å². The lowest BCUT2D eigenvalue weighted by Gasteiger charge is -2.16. The normalized spacial score (nSPS) is 12.2. The number of rotatable bonds is 4. The number of anilines is 1. The van der Waals surface area contributed by atoms with Crippen molar-refractivity contribution in [3.8, 4) is 0 Å². The molecule has 1 heterocycles. The summed E-state index contributed by atoms with van der Waals surface area (Å²) in [6.07, 6.45) is 1.56. The molecule has 1 aromatic carbocycles. The van der Waals surface area contributed by atoms with Gasteiger partial charge in [-0.2, -0.15) is 5.10 Å². The zero-order valence-electron chi connectivity index (χ0n) is 10.9. The van der Waals surface area contributed by atoms with Crippen molar-refractivity contribution in [3.05, 3.63) is 45.1 Å². The van der Waals surface area contributed by atoms with Gasteiger partial charge in [0, 0.05) is 28.5 Å². The van der Waals surface area contributed by atoms with Crippen LogP contribution in [0.1, 0.15) is 17.3 Å². The molecule has 1 unspecified atom stereocenters. The maximum Gasteiger partial charge on any atom is 0.330 e. The van der Waals surface area contributed by atoms with Crippen LogP contribution in [-0.2, 0) is 11.8 Å². The molecule has 2 N–H and O–H groups in total. The zero-order valence-corrected chi connectivity index (χ0v) is 13.2. The molecule has 5 nitrogen and oxygen atoms in total. The lowest BCUT2D eigenvalue weighted by atomic mass is 10.1. The second-order valence-electron chi connectivity index (χ2n) is 4.35. The van der Waals surface area contributed by atoms with Gasteiger partial charge in [-0.3, -0.25) is 4.68 Å². The summed E-state index contributed by atoms with van der Waals surface area (Å²) in [5.41, 5.74) is 2.10. The smallest absolute Gasteiger partial charge is 0.330 e. The fraction of sp³-hybridized carbons (Fsp3) is 0.231. The van der Waals surface area contributed by atoms with Gasteiger partial charge < -0.3 is 10.4 Å². The van der Waals surface area contributed by atoms with E-state index in [0.29, 0.717) is 20.7 Å². The van der Waals surface area contributed by atoms with Gasteiger partial charge in [-0.15, -0.1) is 0 Å². The molecule has 1 aromatic heterocycles. The van der Waals surface area contributed by atoms with Gasteiger partial charge in [0.1, 0.15) is 0 Å². The van der Waals surface area contributed by atoms with Crippen molar-refractivity contribution in [2.45, 2.75) is 13.0 Å². The standard InChI is InChI=1S/C13H13BrClN3O2/c1-7-9(6-16-18(7)2)12(13(19)20)17-8-3-4-11(15)10(14)5-8/h3-6,12,17H,1-2H3,(H,19,20). The predicted molar refractivity (Wildman–Crippen MR) is 81.1 cm³/mol. The van der Waals surface area contributed by atoms with Crippen molar-refractivity contribution >= 4 is 39.2 Å². The molecule has 0 bridgehead atoms. The van der Waals surface area contributed by atoms with Crippen LogP contribution in [0, 0.1) is 6.92 Å². The van der Waals surface area contributed by atoms with Crippen molar-refractivity contribution < 1.29 is 9.90 Å². The summed E-state index contributed by atoms with van der Waals surface area (Å²) in [5, 5.41) is 17.0. The molecule has 0 aliphatic rings. The first kappa shape index (κ1) is 14.9.